The van der Waals surface area contributed by atoms with Crippen molar-refractivity contribution < 1.29 is 0 Å². The standard InChI is InChI=1S/C15H21BrN2/c16-14-8-4-7-13(9-14)11-15(18-17)10-12-5-2-1-3-6-12/h4-5,7-9,15,18H,1-3,6,10-11,17H2. The zero-order chi connectivity index (χ0) is 12.8. The average molecular weight is 309 g/mol. The summed E-state index contributed by atoms with van der Waals surface area (Å²) in [6.45, 7) is 0. The minimum atomic E-state index is 0.337. The number of allylic oxidation sites excluding steroid dienone is 1. The molecule has 3 N–H and O–H groups in total. The van der Waals surface area contributed by atoms with Crippen LogP contribution in [0.3, 0.4) is 0 Å². The van der Waals surface area contributed by atoms with Crippen molar-refractivity contribution in [3.8, 4) is 0 Å². The number of halogens is 1. The number of hydrogen-bond donors (Lipinski definition) is 2. The molecule has 0 spiro atoms. The van der Waals surface area contributed by atoms with Crippen LogP contribution in [0.5, 0.6) is 0 Å². The predicted octanol–water partition coefficient (Wildman–Crippen LogP) is 3.71. The largest absolute Gasteiger partial charge is 0.271 e. The second kappa shape index (κ2) is 7.07. The maximum absolute atomic E-state index is 5.69. The Hall–Kier alpha value is -0.640. The van der Waals surface area contributed by atoms with Crippen LogP contribution in [0.25, 0.3) is 0 Å². The number of hydrogen-bond acceptors (Lipinski definition) is 2. The van der Waals surface area contributed by atoms with E-state index in [2.05, 4.69) is 51.7 Å². The lowest BCUT2D eigenvalue weighted by Gasteiger charge is -2.20. The van der Waals surface area contributed by atoms with Crippen LogP contribution in [0.15, 0.2) is 40.4 Å². The van der Waals surface area contributed by atoms with Gasteiger partial charge < -0.3 is 0 Å². The van der Waals surface area contributed by atoms with Gasteiger partial charge in [-0.3, -0.25) is 11.3 Å². The number of hydrazine groups is 1. The molecular formula is C15H21BrN2. The van der Waals surface area contributed by atoms with E-state index in [1.54, 1.807) is 5.57 Å². The van der Waals surface area contributed by atoms with Crippen LogP contribution in [0.4, 0.5) is 0 Å². The molecule has 0 fully saturated rings. The maximum Gasteiger partial charge on any atom is 0.0288 e. The Bertz CT molecular complexity index is 415. The quantitative estimate of drug-likeness (QED) is 0.494. The first-order chi connectivity index (χ1) is 8.78. The molecule has 0 radical (unpaired) electrons. The van der Waals surface area contributed by atoms with Gasteiger partial charge in [0.1, 0.15) is 0 Å². The van der Waals surface area contributed by atoms with Crippen molar-refractivity contribution in [2.24, 2.45) is 5.84 Å². The number of benzene rings is 1. The van der Waals surface area contributed by atoms with Crippen LogP contribution in [-0.2, 0) is 6.42 Å². The highest BCUT2D eigenvalue weighted by atomic mass is 79.9. The highest BCUT2D eigenvalue weighted by Gasteiger charge is 2.12. The summed E-state index contributed by atoms with van der Waals surface area (Å²) >= 11 is 3.51. The topological polar surface area (TPSA) is 38.0 Å². The predicted molar refractivity (Wildman–Crippen MR) is 80.1 cm³/mol. The molecule has 1 unspecified atom stereocenters. The van der Waals surface area contributed by atoms with Gasteiger partial charge in [0.25, 0.3) is 0 Å². The average Bonchev–Trinajstić information content (AvgIpc) is 2.39. The van der Waals surface area contributed by atoms with Gasteiger partial charge in [0.2, 0.25) is 0 Å². The molecule has 0 amide bonds. The van der Waals surface area contributed by atoms with Crippen molar-refractivity contribution in [1.29, 1.82) is 0 Å². The van der Waals surface area contributed by atoms with Gasteiger partial charge in [-0.15, -0.1) is 0 Å². The van der Waals surface area contributed by atoms with Gasteiger partial charge in [-0.2, -0.15) is 0 Å². The Morgan fingerprint density at radius 1 is 1.28 bits per heavy atom. The molecule has 2 nitrogen and oxygen atoms in total. The first kappa shape index (κ1) is 13.8. The molecular weight excluding hydrogens is 288 g/mol. The monoisotopic (exact) mass is 308 g/mol. The first-order valence-corrected chi connectivity index (χ1v) is 7.45. The molecule has 0 aliphatic heterocycles. The van der Waals surface area contributed by atoms with E-state index in [0.29, 0.717) is 6.04 Å². The van der Waals surface area contributed by atoms with Crippen LogP contribution in [-0.4, -0.2) is 6.04 Å². The van der Waals surface area contributed by atoms with Crippen LogP contribution >= 0.6 is 15.9 Å². The summed E-state index contributed by atoms with van der Waals surface area (Å²) in [5.41, 5.74) is 5.85. The van der Waals surface area contributed by atoms with Gasteiger partial charge in [0.05, 0.1) is 0 Å². The van der Waals surface area contributed by atoms with Crippen LogP contribution in [0, 0.1) is 0 Å². The van der Waals surface area contributed by atoms with Gasteiger partial charge in [-0.1, -0.05) is 39.7 Å². The highest BCUT2D eigenvalue weighted by Crippen LogP contribution is 2.22. The van der Waals surface area contributed by atoms with E-state index in [-0.39, 0.29) is 0 Å². The van der Waals surface area contributed by atoms with Gasteiger partial charge in [0, 0.05) is 10.5 Å². The van der Waals surface area contributed by atoms with Crippen LogP contribution in [0.2, 0.25) is 0 Å². The lowest BCUT2D eigenvalue weighted by Crippen LogP contribution is -2.37. The smallest absolute Gasteiger partial charge is 0.0288 e. The number of rotatable bonds is 5. The second-order valence-electron chi connectivity index (χ2n) is 5.01. The molecule has 1 atom stereocenters. The third kappa shape index (κ3) is 4.23. The second-order valence-corrected chi connectivity index (χ2v) is 5.93. The summed E-state index contributed by atoms with van der Waals surface area (Å²) in [4.78, 5) is 0. The van der Waals surface area contributed by atoms with Crippen molar-refractivity contribution in [3.05, 3.63) is 46.0 Å². The molecule has 18 heavy (non-hydrogen) atoms. The number of nitrogens with one attached hydrogen (secondary N) is 1. The van der Waals surface area contributed by atoms with E-state index >= 15 is 0 Å². The van der Waals surface area contributed by atoms with E-state index in [1.165, 1.54) is 31.2 Å². The van der Waals surface area contributed by atoms with E-state index in [0.717, 1.165) is 17.3 Å². The Kier molecular flexibility index (Phi) is 5.42. The summed E-state index contributed by atoms with van der Waals surface area (Å²) in [7, 11) is 0. The fraction of sp³-hybridized carbons (Fsp3) is 0.467. The number of nitrogens with two attached hydrogens (primary N) is 1. The van der Waals surface area contributed by atoms with Gasteiger partial charge in [0.15, 0.2) is 0 Å². The Morgan fingerprint density at radius 2 is 2.17 bits per heavy atom. The fourth-order valence-corrected chi connectivity index (χ4v) is 2.99. The molecule has 0 aromatic heterocycles. The summed E-state index contributed by atoms with van der Waals surface area (Å²) < 4.78 is 1.13. The zero-order valence-corrected chi connectivity index (χ0v) is 12.2. The third-order valence-electron chi connectivity index (χ3n) is 3.50. The van der Waals surface area contributed by atoms with Gasteiger partial charge >= 0.3 is 0 Å². The SMILES string of the molecule is NNC(CC1=CCCCC1)Cc1cccc(Br)c1. The van der Waals surface area contributed by atoms with Crippen molar-refractivity contribution >= 4 is 15.9 Å². The molecule has 0 bridgehead atoms. The minimum absolute atomic E-state index is 0.337. The molecule has 2 rings (SSSR count). The van der Waals surface area contributed by atoms with Crippen molar-refractivity contribution in [2.45, 2.75) is 44.6 Å². The fourth-order valence-electron chi connectivity index (χ4n) is 2.55. The lowest BCUT2D eigenvalue weighted by molar-refractivity contribution is 0.504. The van der Waals surface area contributed by atoms with Crippen molar-refractivity contribution in [2.75, 3.05) is 0 Å². The molecule has 98 valence electrons. The van der Waals surface area contributed by atoms with Crippen molar-refractivity contribution in [3.63, 3.8) is 0 Å². The van der Waals surface area contributed by atoms with E-state index in [9.17, 15) is 0 Å². The molecule has 3 heteroatoms. The van der Waals surface area contributed by atoms with Crippen molar-refractivity contribution in [1.82, 2.24) is 5.43 Å². The Morgan fingerprint density at radius 3 is 2.83 bits per heavy atom. The molecule has 0 saturated carbocycles. The molecule has 1 aliphatic carbocycles. The molecule has 1 aliphatic rings. The van der Waals surface area contributed by atoms with Gasteiger partial charge in [-0.25, -0.2) is 0 Å². The Balaban J connectivity index is 1.94. The first-order valence-electron chi connectivity index (χ1n) is 6.66. The highest BCUT2D eigenvalue weighted by molar-refractivity contribution is 9.10. The zero-order valence-electron chi connectivity index (χ0n) is 10.7. The lowest BCUT2D eigenvalue weighted by atomic mass is 9.92. The van der Waals surface area contributed by atoms with Crippen LogP contribution < -0.4 is 11.3 Å². The molecule has 0 heterocycles. The summed E-state index contributed by atoms with van der Waals surface area (Å²) in [6, 6.07) is 8.79. The molecule has 1 aromatic carbocycles. The van der Waals surface area contributed by atoms with Crippen LogP contribution in [0.1, 0.15) is 37.7 Å². The third-order valence-corrected chi connectivity index (χ3v) is 3.99. The van der Waals surface area contributed by atoms with E-state index in [1.807, 2.05) is 0 Å². The summed E-state index contributed by atoms with van der Waals surface area (Å²) in [5, 5.41) is 0. The normalized spacial score (nSPS) is 17.3. The van der Waals surface area contributed by atoms with E-state index in [4.69, 9.17) is 5.84 Å². The minimum Gasteiger partial charge on any atom is -0.271 e. The summed E-state index contributed by atoms with van der Waals surface area (Å²) in [5.74, 6) is 5.69. The molecule has 1 aromatic rings. The molecule has 0 saturated heterocycles. The van der Waals surface area contributed by atoms with Gasteiger partial charge in [-0.05, 0) is 56.2 Å². The maximum atomic E-state index is 5.69. The van der Waals surface area contributed by atoms with E-state index < -0.39 is 0 Å². The summed E-state index contributed by atoms with van der Waals surface area (Å²) in [6.07, 6.45) is 9.61. The Labute approximate surface area is 118 Å².